The highest BCUT2D eigenvalue weighted by Gasteiger charge is 2.19. The summed E-state index contributed by atoms with van der Waals surface area (Å²) in [5.41, 5.74) is 11.3. The van der Waals surface area contributed by atoms with E-state index in [9.17, 15) is 15.2 Å². The molecule has 1 aromatic carbocycles. The van der Waals surface area contributed by atoms with Crippen molar-refractivity contribution in [1.82, 2.24) is 0 Å². The maximum absolute atomic E-state index is 10.7. The van der Waals surface area contributed by atoms with E-state index in [4.69, 9.17) is 11.5 Å². The topological polar surface area (TPSA) is 115 Å². The number of rotatable bonds is 4. The summed E-state index contributed by atoms with van der Waals surface area (Å²) in [6.07, 6.45) is 0.435. The van der Waals surface area contributed by atoms with Crippen LogP contribution in [0.2, 0.25) is 0 Å². The number of phenolic OH excluding ortho intramolecular Hbond substituents is 1. The van der Waals surface area contributed by atoms with Crippen molar-refractivity contribution >= 4 is 5.69 Å². The Balaban J connectivity index is 3.12. The predicted octanol–water partition coefficient (Wildman–Crippen LogP) is 0.649. The summed E-state index contributed by atoms with van der Waals surface area (Å²) in [4.78, 5) is 10.2. The van der Waals surface area contributed by atoms with Crippen LogP contribution in [0.3, 0.4) is 0 Å². The van der Waals surface area contributed by atoms with Crippen molar-refractivity contribution in [3.05, 3.63) is 33.9 Å². The summed E-state index contributed by atoms with van der Waals surface area (Å²) in [5.74, 6) is -0.0388. The zero-order valence-electron chi connectivity index (χ0n) is 8.09. The molecular weight excluding hydrogens is 198 g/mol. The number of aromatic hydroxyl groups is 1. The Bertz CT molecular complexity index is 368. The molecule has 0 bridgehead atoms. The average molecular weight is 211 g/mol. The minimum Gasteiger partial charge on any atom is -0.508 e. The van der Waals surface area contributed by atoms with E-state index in [1.54, 1.807) is 0 Å². The first-order valence-electron chi connectivity index (χ1n) is 4.49. The molecule has 0 fully saturated rings. The first-order valence-corrected chi connectivity index (χ1v) is 4.49. The Kier molecular flexibility index (Phi) is 3.59. The van der Waals surface area contributed by atoms with E-state index in [-0.39, 0.29) is 11.4 Å². The summed E-state index contributed by atoms with van der Waals surface area (Å²) < 4.78 is 0. The molecule has 0 spiro atoms. The molecule has 0 unspecified atom stereocenters. The van der Waals surface area contributed by atoms with Gasteiger partial charge in [0.25, 0.3) is 5.69 Å². The van der Waals surface area contributed by atoms with Crippen molar-refractivity contribution in [3.8, 4) is 5.75 Å². The number of nitrogens with two attached hydrogens (primary N) is 2. The van der Waals surface area contributed by atoms with Crippen molar-refractivity contribution < 1.29 is 10.0 Å². The molecule has 1 aromatic rings. The quantitative estimate of drug-likeness (QED) is 0.499. The van der Waals surface area contributed by atoms with Crippen LogP contribution < -0.4 is 11.5 Å². The minimum atomic E-state index is -0.525. The van der Waals surface area contributed by atoms with Gasteiger partial charge in [0, 0.05) is 12.1 Å². The normalized spacial score (nSPS) is 12.4. The fraction of sp³-hybridized carbons (Fsp3) is 0.333. The van der Waals surface area contributed by atoms with Gasteiger partial charge in [0.1, 0.15) is 5.75 Å². The van der Waals surface area contributed by atoms with Crippen LogP contribution in [0.25, 0.3) is 0 Å². The summed E-state index contributed by atoms with van der Waals surface area (Å²) in [6.45, 7) is 0.341. The number of hydrogen-bond donors (Lipinski definition) is 3. The predicted molar refractivity (Wildman–Crippen MR) is 55.4 cm³/mol. The molecule has 0 heterocycles. The lowest BCUT2D eigenvalue weighted by Gasteiger charge is -2.11. The first kappa shape index (κ1) is 11.4. The van der Waals surface area contributed by atoms with Crippen LogP contribution in [-0.4, -0.2) is 16.6 Å². The Hall–Kier alpha value is -1.66. The zero-order chi connectivity index (χ0) is 11.4. The summed E-state index contributed by atoms with van der Waals surface area (Å²) in [6, 6.07) is 3.28. The summed E-state index contributed by atoms with van der Waals surface area (Å²) in [7, 11) is 0. The zero-order valence-corrected chi connectivity index (χ0v) is 8.09. The molecule has 0 aliphatic heterocycles. The number of nitrogens with zero attached hydrogens (tertiary/aromatic N) is 1. The van der Waals surface area contributed by atoms with Gasteiger partial charge in [-0.1, -0.05) is 0 Å². The summed E-state index contributed by atoms with van der Waals surface area (Å²) in [5, 5.41) is 19.9. The van der Waals surface area contributed by atoms with Crippen LogP contribution in [0.4, 0.5) is 5.69 Å². The molecule has 1 rings (SSSR count). The fourth-order valence-corrected chi connectivity index (χ4v) is 1.34. The molecule has 0 amide bonds. The van der Waals surface area contributed by atoms with Crippen molar-refractivity contribution in [2.75, 3.05) is 6.54 Å². The molecule has 5 N–H and O–H groups in total. The first-order chi connectivity index (χ1) is 7.06. The third-order valence-corrected chi connectivity index (χ3v) is 2.08. The maximum atomic E-state index is 10.7. The van der Waals surface area contributed by atoms with Crippen molar-refractivity contribution in [3.63, 3.8) is 0 Å². The van der Waals surface area contributed by atoms with E-state index in [0.717, 1.165) is 0 Å². The van der Waals surface area contributed by atoms with Gasteiger partial charge >= 0.3 is 0 Å². The molecular formula is C9H13N3O3. The largest absolute Gasteiger partial charge is 0.508 e. The molecule has 0 saturated heterocycles. The minimum absolute atomic E-state index is 0.0388. The van der Waals surface area contributed by atoms with Crippen molar-refractivity contribution in [2.24, 2.45) is 11.5 Å². The lowest BCUT2D eigenvalue weighted by Crippen LogP contribution is -2.16. The number of hydrogen-bond acceptors (Lipinski definition) is 5. The van der Waals surface area contributed by atoms with E-state index in [2.05, 4.69) is 0 Å². The van der Waals surface area contributed by atoms with Crippen LogP contribution >= 0.6 is 0 Å². The van der Waals surface area contributed by atoms with Crippen LogP contribution in [0.15, 0.2) is 18.2 Å². The number of phenols is 1. The molecule has 15 heavy (non-hydrogen) atoms. The van der Waals surface area contributed by atoms with E-state index in [1.165, 1.54) is 18.2 Å². The third kappa shape index (κ3) is 2.64. The second kappa shape index (κ2) is 4.72. The Morgan fingerprint density at radius 1 is 1.53 bits per heavy atom. The Morgan fingerprint density at radius 2 is 2.20 bits per heavy atom. The van der Waals surface area contributed by atoms with Crippen molar-refractivity contribution in [1.29, 1.82) is 0 Å². The highest BCUT2D eigenvalue weighted by atomic mass is 16.6. The molecule has 0 radical (unpaired) electrons. The van der Waals surface area contributed by atoms with E-state index >= 15 is 0 Å². The number of benzene rings is 1. The van der Waals surface area contributed by atoms with E-state index in [1.807, 2.05) is 0 Å². The van der Waals surface area contributed by atoms with Gasteiger partial charge in [0.2, 0.25) is 0 Å². The van der Waals surface area contributed by atoms with Crippen LogP contribution in [0.5, 0.6) is 5.75 Å². The van der Waals surface area contributed by atoms with Crippen molar-refractivity contribution in [2.45, 2.75) is 12.5 Å². The highest BCUT2D eigenvalue weighted by Crippen LogP contribution is 2.28. The standard InChI is InChI=1S/C9H13N3O3/c10-4-3-8(11)7-5-6(13)1-2-9(7)12(14)15/h1-2,5,8,13H,3-4,10-11H2/t8-/m1/s1. The molecule has 0 aliphatic carbocycles. The molecule has 0 saturated carbocycles. The maximum Gasteiger partial charge on any atom is 0.274 e. The van der Waals surface area contributed by atoms with Gasteiger partial charge in [0.15, 0.2) is 0 Å². The van der Waals surface area contributed by atoms with E-state index < -0.39 is 11.0 Å². The SMILES string of the molecule is NCC[C@@H](N)c1cc(O)ccc1[N+](=O)[O-]. The second-order valence-electron chi connectivity index (χ2n) is 3.18. The van der Waals surface area contributed by atoms with Crippen LogP contribution in [0, 0.1) is 10.1 Å². The van der Waals surface area contributed by atoms with E-state index in [0.29, 0.717) is 18.5 Å². The number of nitro benzene ring substituents is 1. The monoisotopic (exact) mass is 211 g/mol. The highest BCUT2D eigenvalue weighted by molar-refractivity contribution is 5.46. The van der Waals surface area contributed by atoms with Gasteiger partial charge in [-0.3, -0.25) is 10.1 Å². The summed E-state index contributed by atoms with van der Waals surface area (Å²) >= 11 is 0. The molecule has 82 valence electrons. The molecule has 6 heteroatoms. The van der Waals surface area contributed by atoms with Gasteiger partial charge in [-0.15, -0.1) is 0 Å². The van der Waals surface area contributed by atoms with Gasteiger partial charge in [-0.05, 0) is 25.1 Å². The Labute approximate surface area is 86.7 Å². The molecule has 0 aliphatic rings. The van der Waals surface area contributed by atoms with Gasteiger partial charge in [-0.25, -0.2) is 0 Å². The average Bonchev–Trinajstić information content (AvgIpc) is 2.17. The molecule has 6 nitrogen and oxygen atoms in total. The second-order valence-corrected chi connectivity index (χ2v) is 3.18. The van der Waals surface area contributed by atoms with Crippen LogP contribution in [-0.2, 0) is 0 Å². The van der Waals surface area contributed by atoms with Crippen LogP contribution in [0.1, 0.15) is 18.0 Å². The third-order valence-electron chi connectivity index (χ3n) is 2.08. The lowest BCUT2D eigenvalue weighted by atomic mass is 10.0. The fourth-order valence-electron chi connectivity index (χ4n) is 1.34. The van der Waals surface area contributed by atoms with Gasteiger partial charge < -0.3 is 16.6 Å². The molecule has 1 atom stereocenters. The number of nitro groups is 1. The molecule has 0 aromatic heterocycles. The smallest absolute Gasteiger partial charge is 0.274 e. The lowest BCUT2D eigenvalue weighted by molar-refractivity contribution is -0.385. The Morgan fingerprint density at radius 3 is 2.73 bits per heavy atom. The van der Waals surface area contributed by atoms with Gasteiger partial charge in [-0.2, -0.15) is 0 Å². The van der Waals surface area contributed by atoms with Gasteiger partial charge in [0.05, 0.1) is 10.5 Å².